The number of hydrogen-bond acceptors (Lipinski definition) is 6. The first-order valence-electron chi connectivity index (χ1n) is 5.33. The van der Waals surface area contributed by atoms with Gasteiger partial charge in [0.1, 0.15) is 0 Å². The van der Waals surface area contributed by atoms with Gasteiger partial charge < -0.3 is 15.9 Å². The van der Waals surface area contributed by atoms with Gasteiger partial charge in [-0.05, 0) is 0 Å². The molecule has 0 aliphatic carbocycles. The number of anilines is 1. The Balaban J connectivity index is 2.37. The van der Waals surface area contributed by atoms with Crippen molar-refractivity contribution in [3.05, 3.63) is 17.0 Å². The van der Waals surface area contributed by atoms with E-state index in [1.165, 1.54) is 0 Å². The van der Waals surface area contributed by atoms with Crippen molar-refractivity contribution in [1.82, 2.24) is 14.9 Å². The van der Waals surface area contributed by atoms with Gasteiger partial charge in [-0.25, -0.2) is 14.8 Å². The largest absolute Gasteiger partial charge is 0.476 e. The lowest BCUT2D eigenvalue weighted by Gasteiger charge is -2.27. The lowest BCUT2D eigenvalue weighted by Crippen LogP contribution is -2.35. The minimum Gasteiger partial charge on any atom is -0.476 e. The highest BCUT2D eigenvalue weighted by molar-refractivity contribution is 5.87. The van der Waals surface area contributed by atoms with Gasteiger partial charge in [0.2, 0.25) is 5.95 Å². The van der Waals surface area contributed by atoms with E-state index in [-0.39, 0.29) is 18.2 Å². The molecule has 0 fully saturated rings. The number of nitrogens with zero attached hydrogens (tertiary/aromatic N) is 3. The molecule has 4 N–H and O–H groups in total. The SMILES string of the molecule is Nc1nc2c(c(C(=O)O)n1)CN(CCO)CC2. The summed E-state index contributed by atoms with van der Waals surface area (Å²) < 4.78 is 0. The molecule has 92 valence electrons. The lowest BCUT2D eigenvalue weighted by molar-refractivity contribution is 0.0686. The number of carboxylic acids is 1. The third-order valence-corrected chi connectivity index (χ3v) is 2.78. The molecule has 0 spiro atoms. The van der Waals surface area contributed by atoms with Crippen LogP contribution in [0.4, 0.5) is 5.95 Å². The zero-order valence-corrected chi connectivity index (χ0v) is 9.26. The van der Waals surface area contributed by atoms with Crippen LogP contribution in [0.5, 0.6) is 0 Å². The quantitative estimate of drug-likeness (QED) is 0.626. The molecular formula is C10H14N4O3. The van der Waals surface area contributed by atoms with E-state index in [2.05, 4.69) is 9.97 Å². The first-order chi connectivity index (χ1) is 8.11. The predicted molar refractivity (Wildman–Crippen MR) is 59.5 cm³/mol. The summed E-state index contributed by atoms with van der Waals surface area (Å²) in [5.74, 6) is -1.10. The van der Waals surface area contributed by atoms with Gasteiger partial charge in [0.15, 0.2) is 5.69 Å². The van der Waals surface area contributed by atoms with E-state index in [0.29, 0.717) is 30.8 Å². The van der Waals surface area contributed by atoms with Gasteiger partial charge >= 0.3 is 5.97 Å². The first kappa shape index (κ1) is 11.7. The van der Waals surface area contributed by atoms with Gasteiger partial charge in [0.05, 0.1) is 12.3 Å². The van der Waals surface area contributed by atoms with Gasteiger partial charge in [-0.3, -0.25) is 4.90 Å². The van der Waals surface area contributed by atoms with Crippen LogP contribution in [0.3, 0.4) is 0 Å². The number of aliphatic hydroxyl groups is 1. The maximum absolute atomic E-state index is 11.1. The van der Waals surface area contributed by atoms with Crippen molar-refractivity contribution >= 4 is 11.9 Å². The molecular weight excluding hydrogens is 224 g/mol. The Labute approximate surface area is 97.9 Å². The number of fused-ring (bicyclic) bond motifs is 1. The second kappa shape index (κ2) is 4.64. The fraction of sp³-hybridized carbons (Fsp3) is 0.500. The highest BCUT2D eigenvalue weighted by Crippen LogP contribution is 2.20. The second-order valence-electron chi connectivity index (χ2n) is 3.91. The zero-order valence-electron chi connectivity index (χ0n) is 9.26. The summed E-state index contributed by atoms with van der Waals surface area (Å²) in [4.78, 5) is 20.9. The van der Waals surface area contributed by atoms with Crippen molar-refractivity contribution in [2.24, 2.45) is 0 Å². The second-order valence-corrected chi connectivity index (χ2v) is 3.91. The van der Waals surface area contributed by atoms with Crippen molar-refractivity contribution < 1.29 is 15.0 Å². The number of β-amino-alcohol motifs (C(OH)–C–C–N with tert-alkyl or cyclic N) is 1. The van der Waals surface area contributed by atoms with Crippen LogP contribution in [-0.2, 0) is 13.0 Å². The van der Waals surface area contributed by atoms with Crippen molar-refractivity contribution in [3.8, 4) is 0 Å². The van der Waals surface area contributed by atoms with E-state index < -0.39 is 5.97 Å². The number of aromatic carboxylic acids is 1. The fourth-order valence-electron chi connectivity index (χ4n) is 2.00. The molecule has 0 amide bonds. The molecule has 0 aromatic carbocycles. The Kier molecular flexibility index (Phi) is 3.21. The summed E-state index contributed by atoms with van der Waals surface area (Å²) in [7, 11) is 0. The molecule has 0 bridgehead atoms. The van der Waals surface area contributed by atoms with Gasteiger partial charge in [0, 0.05) is 31.6 Å². The summed E-state index contributed by atoms with van der Waals surface area (Å²) in [5, 5.41) is 17.9. The molecule has 0 unspecified atom stereocenters. The fourth-order valence-corrected chi connectivity index (χ4v) is 2.00. The van der Waals surface area contributed by atoms with Gasteiger partial charge in [-0.2, -0.15) is 0 Å². The number of rotatable bonds is 3. The normalized spacial score (nSPS) is 15.6. The Hall–Kier alpha value is -1.73. The third-order valence-electron chi connectivity index (χ3n) is 2.78. The molecule has 0 radical (unpaired) electrons. The molecule has 1 aromatic rings. The number of hydrogen-bond donors (Lipinski definition) is 3. The average molecular weight is 238 g/mol. The molecule has 17 heavy (non-hydrogen) atoms. The van der Waals surface area contributed by atoms with Gasteiger partial charge in [-0.15, -0.1) is 0 Å². The maximum Gasteiger partial charge on any atom is 0.355 e. The number of aliphatic hydroxyl groups excluding tert-OH is 1. The van der Waals surface area contributed by atoms with E-state index in [4.69, 9.17) is 15.9 Å². The Bertz CT molecular complexity index is 449. The molecule has 2 heterocycles. The number of nitrogens with two attached hydrogens (primary N) is 1. The average Bonchev–Trinajstić information content (AvgIpc) is 2.28. The third kappa shape index (κ3) is 2.34. The van der Waals surface area contributed by atoms with Crippen LogP contribution in [0.1, 0.15) is 21.7 Å². The van der Waals surface area contributed by atoms with Crippen LogP contribution in [0, 0.1) is 0 Å². The van der Waals surface area contributed by atoms with Crippen LogP contribution in [0.25, 0.3) is 0 Å². The number of carbonyl (C=O) groups is 1. The smallest absolute Gasteiger partial charge is 0.355 e. The number of nitrogen functional groups attached to an aromatic ring is 1. The predicted octanol–water partition coefficient (Wildman–Crippen LogP) is -0.893. The van der Waals surface area contributed by atoms with E-state index >= 15 is 0 Å². The summed E-state index contributed by atoms with van der Waals surface area (Å²) in [5.41, 5.74) is 6.74. The zero-order chi connectivity index (χ0) is 12.4. The Morgan fingerprint density at radius 2 is 2.24 bits per heavy atom. The molecule has 1 aliphatic heterocycles. The minimum absolute atomic E-state index is 0.00300. The van der Waals surface area contributed by atoms with Crippen molar-refractivity contribution in [2.75, 3.05) is 25.4 Å². The van der Waals surface area contributed by atoms with Gasteiger partial charge in [-0.1, -0.05) is 0 Å². The number of aromatic nitrogens is 2. The first-order valence-corrected chi connectivity index (χ1v) is 5.33. The van der Waals surface area contributed by atoms with Crippen LogP contribution in [-0.4, -0.2) is 50.7 Å². The lowest BCUT2D eigenvalue weighted by atomic mass is 10.0. The van der Waals surface area contributed by atoms with Crippen LogP contribution in [0.15, 0.2) is 0 Å². The summed E-state index contributed by atoms with van der Waals surface area (Å²) in [6, 6.07) is 0. The molecule has 1 aliphatic rings. The van der Waals surface area contributed by atoms with E-state index in [0.717, 1.165) is 6.54 Å². The molecule has 7 heteroatoms. The highest BCUT2D eigenvalue weighted by atomic mass is 16.4. The van der Waals surface area contributed by atoms with E-state index in [1.54, 1.807) is 0 Å². The van der Waals surface area contributed by atoms with Crippen molar-refractivity contribution in [2.45, 2.75) is 13.0 Å². The number of carboxylic acid groups (broad SMARTS) is 1. The minimum atomic E-state index is -1.10. The van der Waals surface area contributed by atoms with Crippen molar-refractivity contribution in [3.63, 3.8) is 0 Å². The summed E-state index contributed by atoms with van der Waals surface area (Å²) >= 11 is 0. The van der Waals surface area contributed by atoms with E-state index in [1.807, 2.05) is 4.90 Å². The van der Waals surface area contributed by atoms with Crippen LogP contribution in [0.2, 0.25) is 0 Å². The highest BCUT2D eigenvalue weighted by Gasteiger charge is 2.24. The molecule has 2 rings (SSSR count). The van der Waals surface area contributed by atoms with Crippen molar-refractivity contribution in [1.29, 1.82) is 0 Å². The molecule has 1 aromatic heterocycles. The Morgan fingerprint density at radius 3 is 2.88 bits per heavy atom. The standard InChI is InChI=1S/C10H14N4O3/c11-10-12-7-1-2-14(3-4-15)5-6(7)8(13-10)9(16)17/h15H,1-5H2,(H,16,17)(H2,11,12,13). The monoisotopic (exact) mass is 238 g/mol. The Morgan fingerprint density at radius 1 is 1.47 bits per heavy atom. The molecule has 0 atom stereocenters. The van der Waals surface area contributed by atoms with Crippen LogP contribution < -0.4 is 5.73 Å². The van der Waals surface area contributed by atoms with Gasteiger partial charge in [0.25, 0.3) is 0 Å². The molecule has 0 saturated carbocycles. The maximum atomic E-state index is 11.1. The topological polar surface area (TPSA) is 113 Å². The molecule has 0 saturated heterocycles. The molecule has 7 nitrogen and oxygen atoms in total. The summed E-state index contributed by atoms with van der Waals surface area (Å²) in [6.07, 6.45) is 0.627. The van der Waals surface area contributed by atoms with E-state index in [9.17, 15) is 4.79 Å². The summed E-state index contributed by atoms with van der Waals surface area (Å²) in [6.45, 7) is 1.75. The van der Waals surface area contributed by atoms with Crippen LogP contribution >= 0.6 is 0 Å².